The van der Waals surface area contributed by atoms with Crippen molar-refractivity contribution in [1.82, 2.24) is 10.0 Å². The molecule has 0 radical (unpaired) electrons. The van der Waals surface area contributed by atoms with Crippen molar-refractivity contribution in [2.45, 2.75) is 18.0 Å². The average Bonchev–Trinajstić information content (AvgIpc) is 2.50. The van der Waals surface area contributed by atoms with Gasteiger partial charge in [-0.25, -0.2) is 13.1 Å². The van der Waals surface area contributed by atoms with Gasteiger partial charge in [-0.2, -0.15) is 0 Å². The molecule has 0 aromatic heterocycles. The first-order valence-corrected chi connectivity index (χ1v) is 8.91. The highest BCUT2D eigenvalue weighted by Gasteiger charge is 2.17. The van der Waals surface area contributed by atoms with Gasteiger partial charge in [0, 0.05) is 43.6 Å². The van der Waals surface area contributed by atoms with Crippen LogP contribution in [0.25, 0.3) is 10.8 Å². The van der Waals surface area contributed by atoms with Gasteiger partial charge in [-0.05, 0) is 19.1 Å². The number of aliphatic hydroxyl groups is 1. The lowest BCUT2D eigenvalue weighted by molar-refractivity contribution is 0.158. The summed E-state index contributed by atoms with van der Waals surface area (Å²) in [4.78, 5) is 2.22. The van der Waals surface area contributed by atoms with Gasteiger partial charge >= 0.3 is 0 Å². The third-order valence-corrected chi connectivity index (χ3v) is 5.01. The fourth-order valence-electron chi connectivity index (χ4n) is 2.43. The number of hydrogen-bond acceptors (Lipinski definition) is 5. The van der Waals surface area contributed by atoms with Gasteiger partial charge in [-0.15, -0.1) is 0 Å². The molecule has 0 aliphatic heterocycles. The molecule has 0 aliphatic rings. The Morgan fingerprint density at radius 1 is 1.09 bits per heavy atom. The molecular formula is C16H23N3O3S. The maximum Gasteiger partial charge on any atom is 0.241 e. The molecule has 126 valence electrons. The van der Waals surface area contributed by atoms with Gasteiger partial charge < -0.3 is 10.0 Å². The third kappa shape index (κ3) is 4.20. The first-order chi connectivity index (χ1) is 10.8. The number of benzene rings is 2. The number of rotatable bonds is 7. The van der Waals surface area contributed by atoms with Gasteiger partial charge in [-0.1, -0.05) is 24.3 Å². The van der Waals surface area contributed by atoms with Gasteiger partial charge in [0.2, 0.25) is 10.0 Å². The van der Waals surface area contributed by atoms with Crippen LogP contribution in [-0.4, -0.2) is 46.9 Å². The number of nitrogens with one attached hydrogen (secondary N) is 2. The summed E-state index contributed by atoms with van der Waals surface area (Å²) in [6.45, 7) is 2.14. The second kappa shape index (κ2) is 7.27. The Labute approximate surface area is 137 Å². The number of fused-ring (bicyclic) bond motifs is 1. The minimum atomic E-state index is -3.62. The van der Waals surface area contributed by atoms with Gasteiger partial charge in [0.05, 0.1) is 4.90 Å². The zero-order chi connectivity index (χ0) is 17.0. The van der Waals surface area contributed by atoms with Crippen molar-refractivity contribution in [3.8, 4) is 0 Å². The number of nitrogens with zero attached hydrogens (tertiary/aromatic N) is 1. The Morgan fingerprint density at radius 2 is 1.74 bits per heavy atom. The van der Waals surface area contributed by atoms with E-state index in [9.17, 15) is 8.42 Å². The first kappa shape index (κ1) is 17.7. The van der Waals surface area contributed by atoms with E-state index in [0.29, 0.717) is 11.9 Å². The molecule has 0 aliphatic carbocycles. The van der Waals surface area contributed by atoms with Crippen LogP contribution in [0, 0.1) is 0 Å². The number of aliphatic hydroxyl groups excluding tert-OH is 1. The van der Waals surface area contributed by atoms with Crippen molar-refractivity contribution in [2.75, 3.05) is 32.1 Å². The van der Waals surface area contributed by atoms with E-state index in [1.807, 2.05) is 43.3 Å². The molecular weight excluding hydrogens is 314 g/mol. The van der Waals surface area contributed by atoms with E-state index in [-0.39, 0.29) is 11.4 Å². The molecule has 2 aromatic carbocycles. The largest absolute Gasteiger partial charge is 0.379 e. The van der Waals surface area contributed by atoms with E-state index in [0.717, 1.165) is 11.1 Å². The standard InChI is InChI=1S/C16H23N3O3S/c1-12(20)17-10-11-18-23(21,22)16-9-5-6-13-14(16)7-4-8-15(13)19(2)3/h4-9,12,17-18,20H,10-11H2,1-3H3. The number of anilines is 1. The zero-order valence-electron chi connectivity index (χ0n) is 13.6. The van der Waals surface area contributed by atoms with Crippen LogP contribution in [0.15, 0.2) is 41.3 Å². The van der Waals surface area contributed by atoms with Crippen LogP contribution in [0.5, 0.6) is 0 Å². The smallest absolute Gasteiger partial charge is 0.241 e. The molecule has 2 aromatic rings. The minimum absolute atomic E-state index is 0.205. The van der Waals surface area contributed by atoms with Gasteiger partial charge in [0.1, 0.15) is 6.23 Å². The van der Waals surface area contributed by atoms with Crippen molar-refractivity contribution in [1.29, 1.82) is 0 Å². The molecule has 1 unspecified atom stereocenters. The fraction of sp³-hybridized carbons (Fsp3) is 0.375. The van der Waals surface area contributed by atoms with E-state index < -0.39 is 16.3 Å². The molecule has 0 saturated carbocycles. The molecule has 23 heavy (non-hydrogen) atoms. The summed E-state index contributed by atoms with van der Waals surface area (Å²) < 4.78 is 27.7. The molecule has 0 heterocycles. The topological polar surface area (TPSA) is 81.7 Å². The monoisotopic (exact) mass is 337 g/mol. The van der Waals surface area contributed by atoms with Crippen molar-refractivity contribution in [3.05, 3.63) is 36.4 Å². The van der Waals surface area contributed by atoms with E-state index in [1.54, 1.807) is 19.1 Å². The van der Waals surface area contributed by atoms with Crippen LogP contribution in [0.3, 0.4) is 0 Å². The van der Waals surface area contributed by atoms with E-state index in [2.05, 4.69) is 10.0 Å². The van der Waals surface area contributed by atoms with Gasteiger partial charge in [-0.3, -0.25) is 5.32 Å². The van der Waals surface area contributed by atoms with Crippen molar-refractivity contribution >= 4 is 26.5 Å². The Bertz CT molecular complexity index is 773. The Hall–Kier alpha value is -1.67. The van der Waals surface area contributed by atoms with Crippen molar-refractivity contribution in [3.63, 3.8) is 0 Å². The molecule has 3 N–H and O–H groups in total. The molecule has 0 spiro atoms. The Morgan fingerprint density at radius 3 is 2.39 bits per heavy atom. The zero-order valence-corrected chi connectivity index (χ0v) is 14.4. The summed E-state index contributed by atoms with van der Waals surface area (Å²) >= 11 is 0. The van der Waals surface area contributed by atoms with Gasteiger partial charge in [0.15, 0.2) is 0 Å². The molecule has 2 rings (SSSR count). The number of sulfonamides is 1. The Kier molecular flexibility index (Phi) is 5.59. The SMILES string of the molecule is CC(O)NCCNS(=O)(=O)c1cccc2c(N(C)C)cccc12. The van der Waals surface area contributed by atoms with E-state index in [4.69, 9.17) is 5.11 Å². The normalized spacial score (nSPS) is 13.2. The predicted octanol–water partition coefficient (Wildman–Crippen LogP) is 1.11. The highest BCUT2D eigenvalue weighted by molar-refractivity contribution is 7.89. The highest BCUT2D eigenvalue weighted by atomic mass is 32.2. The predicted molar refractivity (Wildman–Crippen MR) is 93.1 cm³/mol. The minimum Gasteiger partial charge on any atom is -0.379 e. The quantitative estimate of drug-likeness (QED) is 0.521. The lowest BCUT2D eigenvalue weighted by Gasteiger charge is -2.17. The maximum atomic E-state index is 12.6. The van der Waals surface area contributed by atoms with Crippen LogP contribution in [0.1, 0.15) is 6.92 Å². The molecule has 0 amide bonds. The number of hydrogen-bond donors (Lipinski definition) is 3. The molecule has 6 nitrogen and oxygen atoms in total. The summed E-state index contributed by atoms with van der Waals surface area (Å²) in [5.74, 6) is 0. The van der Waals surface area contributed by atoms with Crippen LogP contribution in [-0.2, 0) is 10.0 Å². The molecule has 0 fully saturated rings. The Balaban J connectivity index is 2.34. The van der Waals surface area contributed by atoms with Crippen molar-refractivity contribution < 1.29 is 13.5 Å². The van der Waals surface area contributed by atoms with E-state index >= 15 is 0 Å². The molecule has 7 heteroatoms. The molecule has 0 bridgehead atoms. The summed E-state index contributed by atoms with van der Waals surface area (Å²) in [7, 11) is 0.236. The highest BCUT2D eigenvalue weighted by Crippen LogP contribution is 2.29. The maximum absolute atomic E-state index is 12.6. The van der Waals surface area contributed by atoms with E-state index in [1.165, 1.54) is 0 Å². The first-order valence-electron chi connectivity index (χ1n) is 7.43. The molecule has 0 saturated heterocycles. The summed E-state index contributed by atoms with van der Waals surface area (Å²) in [6, 6.07) is 10.9. The average molecular weight is 337 g/mol. The van der Waals surface area contributed by atoms with Crippen molar-refractivity contribution in [2.24, 2.45) is 0 Å². The summed E-state index contributed by atoms with van der Waals surface area (Å²) in [6.07, 6.45) is -0.667. The second-order valence-electron chi connectivity index (χ2n) is 5.55. The summed E-state index contributed by atoms with van der Waals surface area (Å²) in [5.41, 5.74) is 0.968. The summed E-state index contributed by atoms with van der Waals surface area (Å²) in [5, 5.41) is 13.5. The molecule has 1 atom stereocenters. The van der Waals surface area contributed by atoms with Crippen LogP contribution in [0.4, 0.5) is 5.69 Å². The lowest BCUT2D eigenvalue weighted by atomic mass is 10.1. The fourth-order valence-corrected chi connectivity index (χ4v) is 3.68. The second-order valence-corrected chi connectivity index (χ2v) is 7.29. The van der Waals surface area contributed by atoms with Crippen LogP contribution in [0.2, 0.25) is 0 Å². The third-order valence-electron chi connectivity index (χ3n) is 3.49. The van der Waals surface area contributed by atoms with Crippen LogP contribution >= 0.6 is 0 Å². The lowest BCUT2D eigenvalue weighted by Crippen LogP contribution is -2.35. The van der Waals surface area contributed by atoms with Gasteiger partial charge in [0.25, 0.3) is 0 Å². The van der Waals surface area contributed by atoms with Crippen LogP contribution < -0.4 is 14.9 Å².